The Kier molecular flexibility index (Phi) is 1.87. The second-order valence-corrected chi connectivity index (χ2v) is 4.41. The summed E-state index contributed by atoms with van der Waals surface area (Å²) in [6.45, 7) is 3.66. The minimum absolute atomic E-state index is 0.194. The van der Waals surface area contributed by atoms with Gasteiger partial charge in [0.1, 0.15) is 0 Å². The zero-order valence-electron chi connectivity index (χ0n) is 5.59. The summed E-state index contributed by atoms with van der Waals surface area (Å²) in [7, 11) is -1.26. The largest absolute Gasteiger partial charge is 0.518 e. The van der Waals surface area contributed by atoms with Crippen molar-refractivity contribution in [2.24, 2.45) is 0 Å². The fourth-order valence-corrected chi connectivity index (χ4v) is 1.89. The highest BCUT2D eigenvalue weighted by Crippen LogP contribution is 2.04. The van der Waals surface area contributed by atoms with Crippen LogP contribution in [0.25, 0.3) is 0 Å². The standard InChI is InChI=1S/C5H10O3Si/c1-4-5(6)8-9(2)3-7-4/h4,9H,3H2,1-2H3. The van der Waals surface area contributed by atoms with Crippen LogP contribution < -0.4 is 0 Å². The molecule has 0 N–H and O–H groups in total. The lowest BCUT2D eigenvalue weighted by Crippen LogP contribution is -2.39. The molecule has 0 spiro atoms. The molecule has 0 saturated carbocycles. The molecule has 9 heavy (non-hydrogen) atoms. The SMILES string of the molecule is CC1OC[SiH](C)OC1=O. The van der Waals surface area contributed by atoms with Crippen molar-refractivity contribution in [3.63, 3.8) is 0 Å². The third kappa shape index (κ3) is 1.52. The summed E-state index contributed by atoms with van der Waals surface area (Å²) in [5.74, 6) is -0.194. The summed E-state index contributed by atoms with van der Waals surface area (Å²) in [4.78, 5) is 10.7. The third-order valence-electron chi connectivity index (χ3n) is 1.23. The number of hydrogen-bond donors (Lipinski definition) is 0. The molecule has 1 heterocycles. The summed E-state index contributed by atoms with van der Waals surface area (Å²) in [5, 5.41) is 0. The average Bonchev–Trinajstić information content (AvgIpc) is 1.80. The van der Waals surface area contributed by atoms with E-state index >= 15 is 0 Å². The number of rotatable bonds is 0. The van der Waals surface area contributed by atoms with Gasteiger partial charge in [-0.2, -0.15) is 0 Å². The van der Waals surface area contributed by atoms with Crippen LogP contribution in [0.15, 0.2) is 0 Å². The molecule has 1 aliphatic heterocycles. The monoisotopic (exact) mass is 146 g/mol. The minimum Gasteiger partial charge on any atom is -0.518 e. The van der Waals surface area contributed by atoms with Crippen LogP contribution in [0.3, 0.4) is 0 Å². The minimum atomic E-state index is -1.26. The first kappa shape index (κ1) is 6.76. The van der Waals surface area contributed by atoms with Gasteiger partial charge in [-0.25, -0.2) is 0 Å². The predicted octanol–water partition coefficient (Wildman–Crippen LogP) is -0.159. The first-order chi connectivity index (χ1) is 4.20. The normalized spacial score (nSPS) is 36.0. The van der Waals surface area contributed by atoms with E-state index in [4.69, 9.17) is 9.16 Å². The van der Waals surface area contributed by atoms with Crippen molar-refractivity contribution in [2.45, 2.75) is 19.6 Å². The molecule has 1 rings (SSSR count). The molecule has 1 fully saturated rings. The van der Waals surface area contributed by atoms with Crippen molar-refractivity contribution in [3.05, 3.63) is 0 Å². The highest BCUT2D eigenvalue weighted by molar-refractivity contribution is 6.52. The van der Waals surface area contributed by atoms with E-state index in [-0.39, 0.29) is 12.1 Å². The maximum absolute atomic E-state index is 10.7. The molecule has 0 aromatic heterocycles. The summed E-state index contributed by atoms with van der Waals surface area (Å²) >= 11 is 0. The highest BCUT2D eigenvalue weighted by atomic mass is 28.3. The van der Waals surface area contributed by atoms with Gasteiger partial charge in [-0.3, -0.25) is 4.79 Å². The van der Waals surface area contributed by atoms with Gasteiger partial charge >= 0.3 is 5.97 Å². The second kappa shape index (κ2) is 2.49. The van der Waals surface area contributed by atoms with E-state index in [0.717, 1.165) is 0 Å². The first-order valence-corrected chi connectivity index (χ1v) is 5.46. The van der Waals surface area contributed by atoms with Gasteiger partial charge < -0.3 is 9.16 Å². The first-order valence-electron chi connectivity index (χ1n) is 3.02. The van der Waals surface area contributed by atoms with Crippen LogP contribution in [0, 0.1) is 0 Å². The van der Waals surface area contributed by atoms with Gasteiger partial charge in [0.05, 0.1) is 6.23 Å². The predicted molar refractivity (Wildman–Crippen MR) is 34.5 cm³/mol. The Labute approximate surface area is 55.7 Å². The van der Waals surface area contributed by atoms with Crippen LogP contribution in [0.5, 0.6) is 0 Å². The molecule has 3 nitrogen and oxygen atoms in total. The molecule has 52 valence electrons. The van der Waals surface area contributed by atoms with Crippen molar-refractivity contribution in [1.82, 2.24) is 0 Å². The molecule has 0 aromatic rings. The molecular formula is C5H10O3Si. The molecule has 4 heteroatoms. The summed E-state index contributed by atoms with van der Waals surface area (Å²) < 4.78 is 10.1. The maximum atomic E-state index is 10.7. The lowest BCUT2D eigenvalue weighted by Gasteiger charge is -2.22. The Bertz CT molecular complexity index is 125. The van der Waals surface area contributed by atoms with E-state index in [1.165, 1.54) is 0 Å². The number of hydrogen-bond acceptors (Lipinski definition) is 3. The van der Waals surface area contributed by atoms with E-state index in [1.54, 1.807) is 6.92 Å². The Morgan fingerprint density at radius 1 is 1.78 bits per heavy atom. The van der Waals surface area contributed by atoms with Gasteiger partial charge in [0.25, 0.3) is 9.04 Å². The summed E-state index contributed by atoms with van der Waals surface area (Å²) in [6, 6.07) is 0. The Hall–Kier alpha value is -0.353. The zero-order valence-corrected chi connectivity index (χ0v) is 6.74. The lowest BCUT2D eigenvalue weighted by molar-refractivity contribution is -0.149. The van der Waals surface area contributed by atoms with Gasteiger partial charge in [-0.05, 0) is 13.5 Å². The van der Waals surface area contributed by atoms with E-state index < -0.39 is 9.04 Å². The molecule has 2 unspecified atom stereocenters. The van der Waals surface area contributed by atoms with E-state index in [2.05, 4.69) is 0 Å². The molecule has 1 aliphatic rings. The smallest absolute Gasteiger partial charge is 0.321 e. The Morgan fingerprint density at radius 2 is 2.44 bits per heavy atom. The van der Waals surface area contributed by atoms with Crippen LogP contribution in [0.4, 0.5) is 0 Å². The Morgan fingerprint density at radius 3 is 2.89 bits per heavy atom. The van der Waals surface area contributed by atoms with E-state index in [0.29, 0.717) is 6.23 Å². The van der Waals surface area contributed by atoms with Gasteiger partial charge in [-0.1, -0.05) is 0 Å². The average molecular weight is 146 g/mol. The van der Waals surface area contributed by atoms with Crippen molar-refractivity contribution >= 4 is 15.0 Å². The maximum Gasteiger partial charge on any atom is 0.321 e. The van der Waals surface area contributed by atoms with Crippen LogP contribution in [-0.4, -0.2) is 27.3 Å². The van der Waals surface area contributed by atoms with Crippen LogP contribution in [0.1, 0.15) is 6.92 Å². The summed E-state index contributed by atoms with van der Waals surface area (Å²) in [5.41, 5.74) is 0. The molecule has 0 aliphatic carbocycles. The fourth-order valence-electron chi connectivity index (χ4n) is 0.676. The van der Waals surface area contributed by atoms with Crippen LogP contribution >= 0.6 is 0 Å². The van der Waals surface area contributed by atoms with Crippen molar-refractivity contribution in [2.75, 3.05) is 6.23 Å². The fraction of sp³-hybridized carbons (Fsp3) is 0.800. The van der Waals surface area contributed by atoms with Gasteiger partial charge in [-0.15, -0.1) is 0 Å². The number of ether oxygens (including phenoxy) is 1. The molecule has 0 amide bonds. The highest BCUT2D eigenvalue weighted by Gasteiger charge is 2.25. The molecule has 0 bridgehead atoms. The van der Waals surface area contributed by atoms with Crippen molar-refractivity contribution in [1.29, 1.82) is 0 Å². The molecule has 1 saturated heterocycles. The Balaban J connectivity index is 2.44. The van der Waals surface area contributed by atoms with Crippen molar-refractivity contribution in [3.8, 4) is 0 Å². The molecular weight excluding hydrogens is 136 g/mol. The molecule has 0 radical (unpaired) electrons. The second-order valence-electron chi connectivity index (χ2n) is 2.22. The van der Waals surface area contributed by atoms with Gasteiger partial charge in [0.2, 0.25) is 0 Å². The third-order valence-corrected chi connectivity index (χ3v) is 2.53. The topological polar surface area (TPSA) is 35.5 Å². The number of carbonyl (C=O) groups is 1. The van der Waals surface area contributed by atoms with Crippen molar-refractivity contribution < 1.29 is 14.0 Å². The van der Waals surface area contributed by atoms with Gasteiger partial charge in [0.15, 0.2) is 6.10 Å². The summed E-state index contributed by atoms with van der Waals surface area (Å²) in [6.07, 6.45) is 0.320. The quantitative estimate of drug-likeness (QED) is 0.445. The van der Waals surface area contributed by atoms with E-state index in [1.807, 2.05) is 6.55 Å². The van der Waals surface area contributed by atoms with E-state index in [9.17, 15) is 4.79 Å². The zero-order chi connectivity index (χ0) is 6.85. The number of carbonyl (C=O) groups excluding carboxylic acids is 1. The lowest BCUT2D eigenvalue weighted by atomic mass is 10.4. The molecule has 2 atom stereocenters. The van der Waals surface area contributed by atoms with Crippen LogP contribution in [0.2, 0.25) is 6.55 Å². The van der Waals surface area contributed by atoms with Gasteiger partial charge in [0, 0.05) is 0 Å². The van der Waals surface area contributed by atoms with Crippen LogP contribution in [-0.2, 0) is 14.0 Å². The molecule has 0 aromatic carbocycles.